The molecular formula is C40H26S. The molecule has 1 aromatic heterocycles. The average molecular weight is 539 g/mol. The number of hydrogen-bond acceptors (Lipinski definition) is 1. The van der Waals surface area contributed by atoms with Crippen molar-refractivity contribution in [2.24, 2.45) is 0 Å². The Bertz CT molecular complexity index is 2190. The van der Waals surface area contributed by atoms with Crippen molar-refractivity contribution in [3.05, 3.63) is 158 Å². The van der Waals surface area contributed by atoms with Crippen molar-refractivity contribution in [1.82, 2.24) is 0 Å². The van der Waals surface area contributed by atoms with Gasteiger partial charge in [0.1, 0.15) is 0 Å². The number of hydrogen-bond donors (Lipinski definition) is 0. The summed E-state index contributed by atoms with van der Waals surface area (Å²) in [4.78, 5) is 2.64. The molecule has 0 bridgehead atoms. The van der Waals surface area contributed by atoms with Crippen LogP contribution in [0.5, 0.6) is 0 Å². The van der Waals surface area contributed by atoms with Gasteiger partial charge >= 0.3 is 0 Å². The Labute approximate surface area is 243 Å². The molecule has 8 rings (SSSR count). The molecule has 0 aliphatic heterocycles. The van der Waals surface area contributed by atoms with E-state index in [9.17, 15) is 0 Å². The van der Waals surface area contributed by atoms with E-state index in [0.717, 1.165) is 0 Å². The molecule has 0 unspecified atom stereocenters. The minimum atomic E-state index is 1.25. The fourth-order valence-corrected chi connectivity index (χ4v) is 7.39. The van der Waals surface area contributed by atoms with Gasteiger partial charge in [-0.3, -0.25) is 0 Å². The van der Waals surface area contributed by atoms with Crippen LogP contribution in [0.1, 0.15) is 0 Å². The van der Waals surface area contributed by atoms with Gasteiger partial charge in [-0.25, -0.2) is 0 Å². The highest BCUT2D eigenvalue weighted by molar-refractivity contribution is 7.21. The summed E-state index contributed by atoms with van der Waals surface area (Å²) in [6.45, 7) is 0. The van der Waals surface area contributed by atoms with Crippen molar-refractivity contribution in [3.8, 4) is 43.1 Å². The van der Waals surface area contributed by atoms with Gasteiger partial charge in [-0.05, 0) is 61.5 Å². The summed E-state index contributed by atoms with van der Waals surface area (Å²) in [5.41, 5.74) is 7.57. The molecule has 0 saturated carbocycles. The van der Waals surface area contributed by atoms with Gasteiger partial charge in [0, 0.05) is 26.1 Å². The van der Waals surface area contributed by atoms with Crippen LogP contribution in [0, 0.1) is 0 Å². The Morgan fingerprint density at radius 3 is 1.49 bits per heavy atom. The van der Waals surface area contributed by atoms with Crippen molar-refractivity contribution in [2.45, 2.75) is 0 Å². The first-order valence-electron chi connectivity index (χ1n) is 14.0. The monoisotopic (exact) mass is 538 g/mol. The standard InChI is InChI=1S/C40H26S/c1-3-11-27(12-4-1)29-21-23-34-30(25-29)19-20-31-26-32(22-24-35(31)34)39-37-17-9-10-18-38(37)40(41-39)36-16-8-7-15-33(36)28-13-5-2-6-14-28/h1-26H. The van der Waals surface area contributed by atoms with Crippen molar-refractivity contribution in [1.29, 1.82) is 0 Å². The molecular weight excluding hydrogens is 513 g/mol. The Balaban J connectivity index is 1.27. The Morgan fingerprint density at radius 1 is 0.293 bits per heavy atom. The molecule has 0 amide bonds. The van der Waals surface area contributed by atoms with Crippen LogP contribution in [-0.4, -0.2) is 0 Å². The van der Waals surface area contributed by atoms with E-state index in [1.807, 2.05) is 11.3 Å². The first-order valence-corrected chi connectivity index (χ1v) is 14.8. The normalized spacial score (nSPS) is 11.4. The van der Waals surface area contributed by atoms with E-state index in [2.05, 4.69) is 158 Å². The van der Waals surface area contributed by atoms with Crippen molar-refractivity contribution >= 4 is 43.7 Å². The van der Waals surface area contributed by atoms with E-state index in [0.29, 0.717) is 0 Å². The lowest BCUT2D eigenvalue weighted by molar-refractivity contribution is 1.62. The number of thiophene rings is 1. The van der Waals surface area contributed by atoms with Crippen molar-refractivity contribution in [2.75, 3.05) is 0 Å². The lowest BCUT2D eigenvalue weighted by atomic mass is 9.95. The second-order valence-corrected chi connectivity index (χ2v) is 11.5. The predicted molar refractivity (Wildman–Crippen MR) is 179 cm³/mol. The van der Waals surface area contributed by atoms with Gasteiger partial charge in [0.2, 0.25) is 0 Å². The molecule has 0 N–H and O–H groups in total. The van der Waals surface area contributed by atoms with E-state index in [-0.39, 0.29) is 0 Å². The Kier molecular flexibility index (Phi) is 5.76. The molecule has 0 radical (unpaired) electrons. The molecule has 8 aromatic rings. The third-order valence-corrected chi connectivity index (χ3v) is 9.39. The molecule has 0 spiro atoms. The van der Waals surface area contributed by atoms with Gasteiger partial charge in [-0.1, -0.05) is 146 Å². The van der Waals surface area contributed by atoms with Gasteiger partial charge in [-0.2, -0.15) is 0 Å². The van der Waals surface area contributed by atoms with Gasteiger partial charge in [0.15, 0.2) is 0 Å². The van der Waals surface area contributed by atoms with Crippen LogP contribution >= 0.6 is 11.3 Å². The summed E-state index contributed by atoms with van der Waals surface area (Å²) in [6.07, 6.45) is 0. The minimum absolute atomic E-state index is 1.25. The summed E-state index contributed by atoms with van der Waals surface area (Å²) >= 11 is 1.90. The summed E-state index contributed by atoms with van der Waals surface area (Å²) in [5.74, 6) is 0. The second-order valence-electron chi connectivity index (χ2n) is 10.5. The highest BCUT2D eigenvalue weighted by Gasteiger charge is 2.17. The molecule has 7 aromatic carbocycles. The summed E-state index contributed by atoms with van der Waals surface area (Å²) in [7, 11) is 0. The van der Waals surface area contributed by atoms with Crippen molar-refractivity contribution < 1.29 is 0 Å². The molecule has 0 aliphatic carbocycles. The van der Waals surface area contributed by atoms with E-state index in [1.165, 1.54) is 75.5 Å². The largest absolute Gasteiger partial charge is 0.134 e. The van der Waals surface area contributed by atoms with Gasteiger partial charge < -0.3 is 0 Å². The first-order chi connectivity index (χ1) is 20.3. The predicted octanol–water partition coefficient (Wildman–Crippen LogP) is 11.9. The van der Waals surface area contributed by atoms with Crippen LogP contribution in [0.15, 0.2) is 158 Å². The zero-order chi connectivity index (χ0) is 27.2. The quantitative estimate of drug-likeness (QED) is 0.195. The van der Waals surface area contributed by atoms with Crippen LogP contribution in [0.25, 0.3) is 75.5 Å². The third-order valence-electron chi connectivity index (χ3n) is 8.08. The van der Waals surface area contributed by atoms with E-state index >= 15 is 0 Å². The molecule has 1 heteroatoms. The zero-order valence-corrected chi connectivity index (χ0v) is 23.2. The number of fused-ring (bicyclic) bond motifs is 4. The van der Waals surface area contributed by atoms with E-state index in [1.54, 1.807) is 0 Å². The van der Waals surface area contributed by atoms with Crippen LogP contribution in [0.2, 0.25) is 0 Å². The molecule has 41 heavy (non-hydrogen) atoms. The maximum atomic E-state index is 2.37. The third kappa shape index (κ3) is 4.14. The van der Waals surface area contributed by atoms with Crippen LogP contribution in [0.3, 0.4) is 0 Å². The average Bonchev–Trinajstić information content (AvgIpc) is 3.44. The number of rotatable bonds is 4. The fourth-order valence-electron chi connectivity index (χ4n) is 6.08. The first kappa shape index (κ1) is 23.9. The molecule has 0 nitrogen and oxygen atoms in total. The number of benzene rings is 7. The maximum Gasteiger partial charge on any atom is 0.0434 e. The van der Waals surface area contributed by atoms with Crippen LogP contribution in [0.4, 0.5) is 0 Å². The molecule has 1 heterocycles. The van der Waals surface area contributed by atoms with E-state index in [4.69, 9.17) is 0 Å². The van der Waals surface area contributed by atoms with Gasteiger partial charge in [-0.15, -0.1) is 11.3 Å². The van der Waals surface area contributed by atoms with E-state index < -0.39 is 0 Å². The molecule has 192 valence electrons. The Morgan fingerprint density at radius 2 is 0.805 bits per heavy atom. The fraction of sp³-hybridized carbons (Fsp3) is 0. The molecule has 0 saturated heterocycles. The molecule has 0 fully saturated rings. The molecule has 0 aliphatic rings. The van der Waals surface area contributed by atoms with Gasteiger partial charge in [0.25, 0.3) is 0 Å². The zero-order valence-electron chi connectivity index (χ0n) is 22.4. The Hall–Kier alpha value is -4.98. The second kappa shape index (κ2) is 9.89. The van der Waals surface area contributed by atoms with Crippen LogP contribution in [-0.2, 0) is 0 Å². The summed E-state index contributed by atoms with van der Waals surface area (Å²) in [5, 5.41) is 7.74. The highest BCUT2D eigenvalue weighted by atomic mass is 32.1. The molecule has 0 atom stereocenters. The minimum Gasteiger partial charge on any atom is -0.134 e. The van der Waals surface area contributed by atoms with Gasteiger partial charge in [0.05, 0.1) is 0 Å². The SMILES string of the molecule is c1ccc(-c2ccc3c(ccc4cc(-c5sc(-c6ccccc6-c6ccccc6)c6ccccc56)ccc43)c2)cc1. The van der Waals surface area contributed by atoms with Crippen molar-refractivity contribution in [3.63, 3.8) is 0 Å². The topological polar surface area (TPSA) is 0 Å². The lowest BCUT2D eigenvalue weighted by Crippen LogP contribution is -1.82. The highest BCUT2D eigenvalue weighted by Crippen LogP contribution is 2.47. The smallest absolute Gasteiger partial charge is 0.0434 e. The van der Waals surface area contributed by atoms with Crippen LogP contribution < -0.4 is 0 Å². The maximum absolute atomic E-state index is 2.37. The summed E-state index contributed by atoms with van der Waals surface area (Å²) < 4.78 is 0. The summed E-state index contributed by atoms with van der Waals surface area (Å²) in [6, 6.07) is 57.3. The lowest BCUT2D eigenvalue weighted by Gasteiger charge is -2.09.